The number of nitrogens with zero attached hydrogens (tertiary/aromatic N) is 4. The molecule has 3 heterocycles. The first-order valence-corrected chi connectivity index (χ1v) is 10.5. The molecule has 1 aromatic carbocycles. The molecule has 0 bridgehead atoms. The van der Waals surface area contributed by atoms with Crippen molar-refractivity contribution in [3.8, 4) is 0 Å². The molecule has 2 aromatic heterocycles. The van der Waals surface area contributed by atoms with E-state index in [1.165, 1.54) is 12.1 Å². The van der Waals surface area contributed by atoms with E-state index in [-0.39, 0.29) is 11.6 Å². The van der Waals surface area contributed by atoms with Gasteiger partial charge in [-0.25, -0.2) is 8.78 Å². The molecular weight excluding hydrogens is 400 g/mol. The second kappa shape index (κ2) is 9.09. The number of pyridine rings is 1. The number of anilines is 2. The van der Waals surface area contributed by atoms with Crippen LogP contribution in [0.4, 0.5) is 20.3 Å². The average Bonchev–Trinajstić information content (AvgIpc) is 2.80. The summed E-state index contributed by atoms with van der Waals surface area (Å²) in [4.78, 5) is 6.96. The summed E-state index contributed by atoms with van der Waals surface area (Å²) < 4.78 is 31.7. The van der Waals surface area contributed by atoms with Gasteiger partial charge in [-0.1, -0.05) is 18.2 Å². The smallest absolute Gasteiger partial charge is 0.263 e. The first-order chi connectivity index (χ1) is 15.0. The maximum Gasteiger partial charge on any atom is 0.263 e. The zero-order valence-corrected chi connectivity index (χ0v) is 18.0. The van der Waals surface area contributed by atoms with Crippen LogP contribution in [0.15, 0.2) is 36.5 Å². The molecule has 1 aliphatic rings. The fourth-order valence-electron chi connectivity index (χ4n) is 4.03. The van der Waals surface area contributed by atoms with Crippen LogP contribution in [0.1, 0.15) is 49.1 Å². The molecule has 6 nitrogen and oxygen atoms in total. The first-order valence-electron chi connectivity index (χ1n) is 10.5. The fraction of sp³-hybridized carbons (Fsp3) is 0.435. The van der Waals surface area contributed by atoms with Crippen LogP contribution >= 0.6 is 0 Å². The summed E-state index contributed by atoms with van der Waals surface area (Å²) in [5.41, 5.74) is 3.33. The van der Waals surface area contributed by atoms with Gasteiger partial charge in [0.25, 0.3) is 6.43 Å². The van der Waals surface area contributed by atoms with Crippen LogP contribution in [-0.2, 0) is 4.74 Å². The molecule has 0 amide bonds. The number of hydrogen-bond donors (Lipinski definition) is 1. The Kier molecular flexibility index (Phi) is 6.27. The molecule has 0 radical (unpaired) electrons. The van der Waals surface area contributed by atoms with Crippen molar-refractivity contribution in [1.82, 2.24) is 15.2 Å². The second-order valence-corrected chi connectivity index (χ2v) is 7.98. The topological polar surface area (TPSA) is 63.2 Å². The van der Waals surface area contributed by atoms with Crippen molar-refractivity contribution < 1.29 is 13.5 Å². The van der Waals surface area contributed by atoms with Gasteiger partial charge in [-0.05, 0) is 44.4 Å². The van der Waals surface area contributed by atoms with E-state index in [0.717, 1.165) is 53.8 Å². The molecule has 164 valence electrons. The largest absolute Gasteiger partial charge is 0.381 e. The van der Waals surface area contributed by atoms with E-state index in [1.807, 2.05) is 26.1 Å². The highest BCUT2D eigenvalue weighted by atomic mass is 19.3. The molecular formula is C23H27F2N5O. The van der Waals surface area contributed by atoms with Crippen LogP contribution in [0.25, 0.3) is 10.9 Å². The molecule has 0 unspecified atom stereocenters. The number of aryl methyl sites for hydroxylation is 1. The normalized spacial score (nSPS) is 16.1. The summed E-state index contributed by atoms with van der Waals surface area (Å²) in [6, 6.07) is 8.30. The van der Waals surface area contributed by atoms with Crippen LogP contribution in [0, 0.1) is 6.92 Å². The Bertz CT molecular complexity index is 1050. The van der Waals surface area contributed by atoms with E-state index in [2.05, 4.69) is 31.5 Å². The number of hydrogen-bond acceptors (Lipinski definition) is 6. The number of benzene rings is 1. The molecule has 3 aromatic rings. The molecule has 1 fully saturated rings. The maximum absolute atomic E-state index is 13.1. The highest BCUT2D eigenvalue weighted by Crippen LogP contribution is 2.30. The lowest BCUT2D eigenvalue weighted by atomic mass is 10.0. The Morgan fingerprint density at radius 3 is 2.58 bits per heavy atom. The van der Waals surface area contributed by atoms with Crippen molar-refractivity contribution in [1.29, 1.82) is 0 Å². The minimum Gasteiger partial charge on any atom is -0.381 e. The molecule has 0 aliphatic carbocycles. The molecule has 0 saturated carbocycles. The number of alkyl halides is 2. The van der Waals surface area contributed by atoms with Gasteiger partial charge < -0.3 is 15.0 Å². The van der Waals surface area contributed by atoms with Gasteiger partial charge in [0.15, 0.2) is 5.82 Å². The van der Waals surface area contributed by atoms with Crippen LogP contribution < -0.4 is 10.2 Å². The summed E-state index contributed by atoms with van der Waals surface area (Å²) in [7, 11) is 1.76. The predicted octanol–water partition coefficient (Wildman–Crippen LogP) is 5.06. The van der Waals surface area contributed by atoms with Crippen LogP contribution in [0.2, 0.25) is 0 Å². The zero-order chi connectivity index (χ0) is 22.0. The molecule has 4 rings (SSSR count). The van der Waals surface area contributed by atoms with E-state index < -0.39 is 6.43 Å². The third kappa shape index (κ3) is 4.58. The van der Waals surface area contributed by atoms with Crippen molar-refractivity contribution in [2.75, 3.05) is 30.4 Å². The quantitative estimate of drug-likeness (QED) is 0.593. The summed E-state index contributed by atoms with van der Waals surface area (Å²) in [5.74, 6) is 0.594. The summed E-state index contributed by atoms with van der Waals surface area (Å²) in [6.45, 7) is 5.61. The van der Waals surface area contributed by atoms with Crippen molar-refractivity contribution in [3.05, 3.63) is 53.3 Å². The van der Waals surface area contributed by atoms with Crippen LogP contribution in [-0.4, -0.2) is 41.5 Å². The predicted molar refractivity (Wildman–Crippen MR) is 118 cm³/mol. The Morgan fingerprint density at radius 1 is 1.13 bits per heavy atom. The molecule has 0 spiro atoms. The molecule has 1 N–H and O–H groups in total. The van der Waals surface area contributed by atoms with Crippen molar-refractivity contribution in [2.45, 2.75) is 45.3 Å². The van der Waals surface area contributed by atoms with Gasteiger partial charge in [-0.15, -0.1) is 5.10 Å². The fourth-order valence-corrected chi connectivity index (χ4v) is 4.03. The number of fused-ring (bicyclic) bond motifs is 1. The first kappa shape index (κ1) is 21.4. The van der Waals surface area contributed by atoms with Gasteiger partial charge in [-0.3, -0.25) is 4.98 Å². The van der Waals surface area contributed by atoms with E-state index >= 15 is 0 Å². The third-order valence-corrected chi connectivity index (χ3v) is 5.93. The summed E-state index contributed by atoms with van der Waals surface area (Å²) in [5, 5.41) is 12.8. The zero-order valence-electron chi connectivity index (χ0n) is 18.0. The maximum atomic E-state index is 13.1. The lowest BCUT2D eigenvalue weighted by Gasteiger charge is -2.32. The van der Waals surface area contributed by atoms with Crippen molar-refractivity contribution in [2.24, 2.45) is 0 Å². The van der Waals surface area contributed by atoms with E-state index in [4.69, 9.17) is 4.74 Å². The molecule has 8 heteroatoms. The number of piperidine rings is 1. The number of rotatable bonds is 6. The minimum absolute atomic E-state index is 0.00872. The van der Waals surface area contributed by atoms with Crippen molar-refractivity contribution >= 4 is 22.4 Å². The lowest BCUT2D eigenvalue weighted by molar-refractivity contribution is 0.0819. The van der Waals surface area contributed by atoms with E-state index in [0.29, 0.717) is 11.9 Å². The summed E-state index contributed by atoms with van der Waals surface area (Å²) in [6.07, 6.45) is 1.64. The van der Waals surface area contributed by atoms with Gasteiger partial charge in [-0.2, -0.15) is 5.10 Å². The summed E-state index contributed by atoms with van der Waals surface area (Å²) >= 11 is 0. The van der Waals surface area contributed by atoms with Crippen molar-refractivity contribution in [3.63, 3.8) is 0 Å². The van der Waals surface area contributed by atoms with Gasteiger partial charge in [0.1, 0.15) is 0 Å². The molecule has 1 saturated heterocycles. The standard InChI is InChI=1S/C23H27F2N5O/c1-14(16-5-4-6-17(11-16)22(24)25)27-23-20-12-18(13-26-21(20)15(2)28-29-23)30-9-7-19(31-3)8-10-30/h4-6,11-14,19,22H,7-10H2,1-3H3,(H,27,29)/t14-/m1/s1. The molecule has 31 heavy (non-hydrogen) atoms. The average molecular weight is 427 g/mol. The highest BCUT2D eigenvalue weighted by Gasteiger charge is 2.21. The monoisotopic (exact) mass is 427 g/mol. The van der Waals surface area contributed by atoms with Gasteiger partial charge >= 0.3 is 0 Å². The Balaban J connectivity index is 1.63. The van der Waals surface area contributed by atoms with Gasteiger partial charge in [0.05, 0.1) is 35.2 Å². The Hall–Kier alpha value is -2.87. The SMILES string of the molecule is COC1CCN(c2cnc3c(C)nnc(N[C@H](C)c4cccc(C(F)F)c4)c3c2)CC1. The number of ether oxygens (including phenoxy) is 1. The number of methoxy groups -OCH3 is 1. The van der Waals surface area contributed by atoms with Crippen LogP contribution in [0.5, 0.6) is 0 Å². The van der Waals surface area contributed by atoms with E-state index in [1.54, 1.807) is 13.2 Å². The molecule has 1 aliphatic heterocycles. The Morgan fingerprint density at radius 2 is 1.87 bits per heavy atom. The highest BCUT2D eigenvalue weighted by molar-refractivity contribution is 5.92. The van der Waals surface area contributed by atoms with Gasteiger partial charge in [0.2, 0.25) is 0 Å². The Labute approximate surface area is 180 Å². The molecule has 1 atom stereocenters. The lowest BCUT2D eigenvalue weighted by Crippen LogP contribution is -2.36. The number of aromatic nitrogens is 3. The number of halogens is 2. The van der Waals surface area contributed by atoms with E-state index in [9.17, 15) is 8.78 Å². The number of nitrogens with one attached hydrogen (secondary N) is 1. The third-order valence-electron chi connectivity index (χ3n) is 5.93. The van der Waals surface area contributed by atoms with Gasteiger partial charge in [0, 0.05) is 31.1 Å². The van der Waals surface area contributed by atoms with Crippen LogP contribution in [0.3, 0.4) is 0 Å². The minimum atomic E-state index is -2.50. The second-order valence-electron chi connectivity index (χ2n) is 7.98.